The van der Waals surface area contributed by atoms with Crippen LogP contribution in [0.1, 0.15) is 24.8 Å². The zero-order chi connectivity index (χ0) is 15.1. The van der Waals surface area contributed by atoms with Crippen molar-refractivity contribution in [2.75, 3.05) is 19.4 Å². The monoisotopic (exact) mass is 306 g/mol. The zero-order valence-corrected chi connectivity index (χ0v) is 13.1. The summed E-state index contributed by atoms with van der Waals surface area (Å²) in [4.78, 5) is 0. The molecule has 1 aliphatic rings. The van der Waals surface area contributed by atoms with E-state index in [4.69, 9.17) is 10.00 Å². The van der Waals surface area contributed by atoms with Gasteiger partial charge in [0.1, 0.15) is 18.5 Å². The molecule has 1 aromatic carbocycles. The Morgan fingerprint density at radius 3 is 3.14 bits per heavy atom. The average Bonchev–Trinajstić information content (AvgIpc) is 2.98. The van der Waals surface area contributed by atoms with E-state index in [0.717, 1.165) is 0 Å². The molecule has 2 rings (SSSR count). The van der Waals surface area contributed by atoms with Gasteiger partial charge in [0.05, 0.1) is 11.6 Å². The number of thioether (sulfide) groups is 1. The lowest BCUT2D eigenvalue weighted by Crippen LogP contribution is -2.40. The van der Waals surface area contributed by atoms with Crippen molar-refractivity contribution in [3.63, 3.8) is 0 Å². The first-order chi connectivity index (χ1) is 10.2. The van der Waals surface area contributed by atoms with Crippen molar-refractivity contribution in [1.29, 1.82) is 5.26 Å². The Hall–Kier alpha value is -1.22. The SMILES string of the molecule is CSC1CCCC1NCC(O)COc1cccc(C#N)c1. The molecule has 21 heavy (non-hydrogen) atoms. The Balaban J connectivity index is 1.72. The van der Waals surface area contributed by atoms with Crippen LogP contribution >= 0.6 is 11.8 Å². The van der Waals surface area contributed by atoms with Crippen molar-refractivity contribution in [3.05, 3.63) is 29.8 Å². The molecule has 0 saturated heterocycles. The molecule has 1 fully saturated rings. The Morgan fingerprint density at radius 2 is 2.38 bits per heavy atom. The zero-order valence-electron chi connectivity index (χ0n) is 12.3. The fraction of sp³-hybridized carbons (Fsp3) is 0.562. The van der Waals surface area contributed by atoms with Crippen LogP contribution in [0.3, 0.4) is 0 Å². The highest BCUT2D eigenvalue weighted by atomic mass is 32.2. The van der Waals surface area contributed by atoms with E-state index in [2.05, 4.69) is 17.6 Å². The fourth-order valence-corrected chi connectivity index (χ4v) is 3.60. The van der Waals surface area contributed by atoms with Crippen LogP contribution in [0.15, 0.2) is 24.3 Å². The van der Waals surface area contributed by atoms with E-state index in [-0.39, 0.29) is 6.61 Å². The Kier molecular flexibility index (Phi) is 6.37. The molecular formula is C16H22N2O2S. The van der Waals surface area contributed by atoms with Crippen LogP contribution < -0.4 is 10.1 Å². The molecule has 1 saturated carbocycles. The largest absolute Gasteiger partial charge is 0.491 e. The predicted octanol–water partition coefficient (Wildman–Crippen LogP) is 2.17. The van der Waals surface area contributed by atoms with Crippen LogP contribution in [0.2, 0.25) is 0 Å². The van der Waals surface area contributed by atoms with Gasteiger partial charge in [-0.25, -0.2) is 0 Å². The number of hydrogen-bond donors (Lipinski definition) is 2. The van der Waals surface area contributed by atoms with Crippen LogP contribution in [0, 0.1) is 11.3 Å². The number of rotatable bonds is 7. The molecule has 4 nitrogen and oxygen atoms in total. The van der Waals surface area contributed by atoms with Gasteiger partial charge in [0, 0.05) is 17.8 Å². The maximum atomic E-state index is 10.00. The van der Waals surface area contributed by atoms with Gasteiger partial charge in [0.25, 0.3) is 0 Å². The number of nitrogens with one attached hydrogen (secondary N) is 1. The highest BCUT2D eigenvalue weighted by Crippen LogP contribution is 2.28. The molecule has 0 aromatic heterocycles. The Bertz CT molecular complexity index is 489. The van der Waals surface area contributed by atoms with Crippen molar-refractivity contribution in [3.8, 4) is 11.8 Å². The maximum absolute atomic E-state index is 10.00. The summed E-state index contributed by atoms with van der Waals surface area (Å²) in [7, 11) is 0. The molecule has 3 unspecified atom stereocenters. The summed E-state index contributed by atoms with van der Waals surface area (Å²) in [6.45, 7) is 0.776. The quantitative estimate of drug-likeness (QED) is 0.808. The summed E-state index contributed by atoms with van der Waals surface area (Å²) in [5.74, 6) is 0.621. The van der Waals surface area contributed by atoms with Crippen LogP contribution in [-0.2, 0) is 0 Å². The van der Waals surface area contributed by atoms with E-state index >= 15 is 0 Å². The number of nitriles is 1. The lowest BCUT2D eigenvalue weighted by molar-refractivity contribution is 0.104. The van der Waals surface area contributed by atoms with E-state index in [0.29, 0.717) is 29.1 Å². The standard InChI is InChI=1S/C16H22N2O2S/c1-21-16-7-3-6-15(16)18-10-13(19)11-20-14-5-2-4-12(8-14)9-17/h2,4-5,8,13,15-16,18-19H,3,6-7,10-11H2,1H3. The predicted molar refractivity (Wildman–Crippen MR) is 85.6 cm³/mol. The Morgan fingerprint density at radius 1 is 1.52 bits per heavy atom. The van der Waals surface area contributed by atoms with Gasteiger partial charge in [0.15, 0.2) is 0 Å². The Labute approximate surface area is 130 Å². The van der Waals surface area contributed by atoms with Crippen molar-refractivity contribution >= 4 is 11.8 Å². The third kappa shape index (κ3) is 4.92. The minimum absolute atomic E-state index is 0.235. The molecule has 1 aromatic rings. The highest BCUT2D eigenvalue weighted by molar-refractivity contribution is 7.99. The van der Waals surface area contributed by atoms with Gasteiger partial charge < -0.3 is 15.2 Å². The van der Waals surface area contributed by atoms with Gasteiger partial charge in [-0.2, -0.15) is 17.0 Å². The molecule has 0 radical (unpaired) electrons. The molecule has 0 aliphatic heterocycles. The van der Waals surface area contributed by atoms with E-state index in [1.54, 1.807) is 24.3 Å². The van der Waals surface area contributed by atoms with E-state index in [9.17, 15) is 5.11 Å². The van der Waals surface area contributed by atoms with Gasteiger partial charge in [-0.1, -0.05) is 12.5 Å². The summed E-state index contributed by atoms with van der Waals surface area (Å²) >= 11 is 1.90. The van der Waals surface area contributed by atoms with Crippen LogP contribution in [0.25, 0.3) is 0 Å². The van der Waals surface area contributed by atoms with Gasteiger partial charge >= 0.3 is 0 Å². The lowest BCUT2D eigenvalue weighted by Gasteiger charge is -2.21. The first-order valence-corrected chi connectivity index (χ1v) is 8.59. The molecule has 2 N–H and O–H groups in total. The van der Waals surface area contributed by atoms with Crippen molar-refractivity contribution in [2.24, 2.45) is 0 Å². The molecule has 0 amide bonds. The third-order valence-corrected chi connectivity index (χ3v) is 4.95. The van der Waals surface area contributed by atoms with Gasteiger partial charge in [-0.3, -0.25) is 0 Å². The average molecular weight is 306 g/mol. The van der Waals surface area contributed by atoms with E-state index in [1.165, 1.54) is 19.3 Å². The van der Waals surface area contributed by atoms with Gasteiger partial charge in [-0.05, 0) is 37.3 Å². The second-order valence-corrected chi connectivity index (χ2v) is 6.40. The summed E-state index contributed by atoms with van der Waals surface area (Å²) < 4.78 is 5.53. The van der Waals surface area contributed by atoms with E-state index < -0.39 is 6.10 Å². The summed E-state index contributed by atoms with van der Waals surface area (Å²) in [6, 6.07) is 9.55. The minimum Gasteiger partial charge on any atom is -0.491 e. The van der Waals surface area contributed by atoms with Crippen molar-refractivity contribution in [1.82, 2.24) is 5.32 Å². The number of aliphatic hydroxyl groups excluding tert-OH is 1. The number of ether oxygens (including phenoxy) is 1. The first kappa shape index (κ1) is 16.2. The third-order valence-electron chi connectivity index (χ3n) is 3.78. The topological polar surface area (TPSA) is 65.3 Å². The van der Waals surface area contributed by atoms with Crippen LogP contribution in [0.5, 0.6) is 5.75 Å². The van der Waals surface area contributed by atoms with E-state index in [1.807, 2.05) is 11.8 Å². The number of aliphatic hydroxyl groups is 1. The van der Waals surface area contributed by atoms with Gasteiger partial charge in [-0.15, -0.1) is 0 Å². The number of nitrogens with zero attached hydrogens (tertiary/aromatic N) is 1. The normalized spacial score (nSPS) is 22.7. The lowest BCUT2D eigenvalue weighted by atomic mass is 10.2. The fourth-order valence-electron chi connectivity index (χ4n) is 2.64. The smallest absolute Gasteiger partial charge is 0.120 e. The molecular weight excluding hydrogens is 284 g/mol. The summed E-state index contributed by atoms with van der Waals surface area (Å²) in [5, 5.41) is 22.9. The number of benzene rings is 1. The molecule has 1 aliphatic carbocycles. The van der Waals surface area contributed by atoms with Crippen molar-refractivity contribution < 1.29 is 9.84 Å². The van der Waals surface area contributed by atoms with Gasteiger partial charge in [0.2, 0.25) is 0 Å². The minimum atomic E-state index is -0.543. The molecule has 0 spiro atoms. The number of hydrogen-bond acceptors (Lipinski definition) is 5. The maximum Gasteiger partial charge on any atom is 0.120 e. The summed E-state index contributed by atoms with van der Waals surface area (Å²) in [6.07, 6.45) is 5.30. The second kappa shape index (κ2) is 8.28. The highest BCUT2D eigenvalue weighted by Gasteiger charge is 2.26. The molecule has 0 heterocycles. The van der Waals surface area contributed by atoms with Crippen molar-refractivity contribution in [2.45, 2.75) is 36.7 Å². The molecule has 114 valence electrons. The van der Waals surface area contributed by atoms with Crippen LogP contribution in [0.4, 0.5) is 0 Å². The summed E-state index contributed by atoms with van der Waals surface area (Å²) in [5.41, 5.74) is 0.564. The second-order valence-electron chi connectivity index (χ2n) is 5.32. The van der Waals surface area contributed by atoms with Crippen LogP contribution in [-0.4, -0.2) is 41.9 Å². The molecule has 5 heteroatoms. The molecule has 0 bridgehead atoms. The molecule has 3 atom stereocenters. The first-order valence-electron chi connectivity index (χ1n) is 7.30.